The monoisotopic (exact) mass is 376 g/mol. The zero-order chi connectivity index (χ0) is 19.6. The van der Waals surface area contributed by atoms with Gasteiger partial charge >= 0.3 is 5.69 Å². The fraction of sp³-hybridized carbons (Fsp3) is 0.188. The Kier molecular flexibility index (Phi) is 5.05. The van der Waals surface area contributed by atoms with Crippen LogP contribution in [0.2, 0.25) is 0 Å². The Morgan fingerprint density at radius 1 is 1.37 bits per heavy atom. The maximum Gasteiger partial charge on any atom is 0.352 e. The minimum absolute atomic E-state index is 0.0267. The third-order valence-corrected chi connectivity index (χ3v) is 3.74. The molecular weight excluding hydrogens is 363 g/mol. The number of aliphatic hydroxyl groups is 1. The third kappa shape index (κ3) is 3.88. The molecule has 2 atom stereocenters. The number of nitro benzene ring substituents is 1. The van der Waals surface area contributed by atoms with E-state index >= 15 is 0 Å². The van der Waals surface area contributed by atoms with E-state index in [1.165, 1.54) is 24.3 Å². The van der Waals surface area contributed by atoms with Gasteiger partial charge in [0.2, 0.25) is 0 Å². The first kappa shape index (κ1) is 18.4. The van der Waals surface area contributed by atoms with E-state index in [2.05, 4.69) is 10.3 Å². The molecule has 3 rings (SSSR count). The van der Waals surface area contributed by atoms with E-state index in [9.17, 15) is 24.1 Å². The first-order valence-electron chi connectivity index (χ1n) is 7.68. The number of nitrogens with one attached hydrogen (secondary N) is 1. The Hall–Kier alpha value is -3.44. The van der Waals surface area contributed by atoms with Crippen molar-refractivity contribution >= 4 is 17.4 Å². The summed E-state index contributed by atoms with van der Waals surface area (Å²) in [6.07, 6.45) is 2.30. The van der Waals surface area contributed by atoms with E-state index in [0.29, 0.717) is 0 Å². The molecule has 10 nitrogen and oxygen atoms in total. The lowest BCUT2D eigenvalue weighted by Gasteiger charge is -2.15. The Morgan fingerprint density at radius 3 is 2.67 bits per heavy atom. The lowest BCUT2D eigenvalue weighted by atomic mass is 10.2. The summed E-state index contributed by atoms with van der Waals surface area (Å²) in [6.45, 7) is -0.291. The van der Waals surface area contributed by atoms with Gasteiger partial charge in [-0.15, -0.1) is 0 Å². The number of aromatic nitrogens is 2. The fourth-order valence-corrected chi connectivity index (χ4v) is 2.38. The van der Waals surface area contributed by atoms with Gasteiger partial charge in [-0.1, -0.05) is 6.08 Å². The van der Waals surface area contributed by atoms with Crippen molar-refractivity contribution in [3.63, 3.8) is 0 Å². The molecule has 1 aromatic carbocycles. The highest BCUT2D eigenvalue weighted by molar-refractivity contribution is 6.03. The molecule has 0 aliphatic carbocycles. The maximum atomic E-state index is 14.3. The predicted molar refractivity (Wildman–Crippen MR) is 89.6 cm³/mol. The van der Waals surface area contributed by atoms with Crippen molar-refractivity contribution in [3.8, 4) is 0 Å². The molecule has 1 amide bonds. The molecule has 140 valence electrons. The van der Waals surface area contributed by atoms with Crippen molar-refractivity contribution < 1.29 is 24.0 Å². The van der Waals surface area contributed by atoms with E-state index < -0.39 is 40.5 Å². The van der Waals surface area contributed by atoms with Gasteiger partial charge < -0.3 is 15.2 Å². The Morgan fingerprint density at radius 2 is 2.07 bits per heavy atom. The summed E-state index contributed by atoms with van der Waals surface area (Å²) in [5.41, 5.74) is -1.05. The number of nitrogens with zero attached hydrogens (tertiary/aromatic N) is 3. The molecule has 1 aliphatic rings. The molecule has 0 bridgehead atoms. The van der Waals surface area contributed by atoms with Crippen LogP contribution in [0.4, 0.5) is 15.9 Å². The van der Waals surface area contributed by atoms with Crippen LogP contribution in [0.1, 0.15) is 16.6 Å². The van der Waals surface area contributed by atoms with Crippen molar-refractivity contribution in [2.45, 2.75) is 12.3 Å². The van der Waals surface area contributed by atoms with Gasteiger partial charge in [-0.2, -0.15) is 4.98 Å². The molecule has 2 heterocycles. The van der Waals surface area contributed by atoms with Crippen LogP contribution in [0.3, 0.4) is 0 Å². The average Bonchev–Trinajstić information content (AvgIpc) is 3.13. The standard InChI is InChI=1S/C16H13FN4O6/c17-12-7-20(13-6-5-11(8-22)27-13)16(24)19-14(12)18-15(23)9-1-3-10(4-2-9)21(25)26/h1-7,11,13,22H,8H2,(H,18,19,23,24)/t11-,13+/m0/s1. The van der Waals surface area contributed by atoms with Crippen LogP contribution in [0.25, 0.3) is 0 Å². The van der Waals surface area contributed by atoms with Crippen molar-refractivity contribution in [2.75, 3.05) is 11.9 Å². The van der Waals surface area contributed by atoms with Crippen molar-refractivity contribution in [2.24, 2.45) is 0 Å². The summed E-state index contributed by atoms with van der Waals surface area (Å²) in [6, 6.07) is 4.63. The minimum atomic E-state index is -0.977. The number of non-ortho nitro benzene ring substituents is 1. The van der Waals surface area contributed by atoms with Gasteiger partial charge in [-0.3, -0.25) is 19.5 Å². The SMILES string of the molecule is O=C(Nc1nc(=O)n([C@H]2C=C[C@@H](CO)O2)cc1F)c1ccc([N+](=O)[O-])cc1. The Bertz CT molecular complexity index is 972. The van der Waals surface area contributed by atoms with Gasteiger partial charge in [-0.05, 0) is 18.2 Å². The highest BCUT2D eigenvalue weighted by Crippen LogP contribution is 2.20. The maximum absolute atomic E-state index is 14.3. The molecule has 1 aromatic heterocycles. The zero-order valence-corrected chi connectivity index (χ0v) is 13.6. The molecule has 0 unspecified atom stereocenters. The smallest absolute Gasteiger partial charge is 0.352 e. The summed E-state index contributed by atoms with van der Waals surface area (Å²) in [4.78, 5) is 37.7. The molecule has 11 heteroatoms. The highest BCUT2D eigenvalue weighted by atomic mass is 19.1. The first-order chi connectivity index (χ1) is 12.9. The Balaban J connectivity index is 1.78. The largest absolute Gasteiger partial charge is 0.393 e. The number of hydrogen-bond acceptors (Lipinski definition) is 7. The van der Waals surface area contributed by atoms with Gasteiger partial charge in [0.05, 0.1) is 17.7 Å². The molecule has 2 aromatic rings. The number of carbonyl (C=O) groups is 1. The number of carbonyl (C=O) groups excluding carboxylic acids is 1. The number of benzene rings is 1. The van der Waals surface area contributed by atoms with Gasteiger partial charge in [0, 0.05) is 17.7 Å². The molecule has 1 aliphatic heterocycles. The van der Waals surface area contributed by atoms with Crippen LogP contribution in [0.5, 0.6) is 0 Å². The molecule has 27 heavy (non-hydrogen) atoms. The summed E-state index contributed by atoms with van der Waals surface area (Å²) in [7, 11) is 0. The van der Waals surface area contributed by atoms with Crippen LogP contribution >= 0.6 is 0 Å². The summed E-state index contributed by atoms with van der Waals surface area (Å²) in [5.74, 6) is -2.35. The van der Waals surface area contributed by atoms with Crippen molar-refractivity contribution in [1.82, 2.24) is 9.55 Å². The van der Waals surface area contributed by atoms with Crippen LogP contribution in [0, 0.1) is 15.9 Å². The molecule has 0 saturated heterocycles. The molecule has 0 radical (unpaired) electrons. The number of aliphatic hydroxyl groups excluding tert-OH is 1. The zero-order valence-electron chi connectivity index (χ0n) is 13.6. The minimum Gasteiger partial charge on any atom is -0.393 e. The molecular formula is C16H13FN4O6. The van der Waals surface area contributed by atoms with Crippen LogP contribution in [-0.4, -0.2) is 38.2 Å². The Labute approximate surface area is 150 Å². The second kappa shape index (κ2) is 7.43. The first-order valence-corrected chi connectivity index (χ1v) is 7.68. The van der Waals surface area contributed by atoms with E-state index in [1.807, 2.05) is 0 Å². The third-order valence-electron chi connectivity index (χ3n) is 3.74. The van der Waals surface area contributed by atoms with Gasteiger partial charge in [0.15, 0.2) is 17.9 Å². The van der Waals surface area contributed by atoms with Crippen LogP contribution in [-0.2, 0) is 4.74 Å². The van der Waals surface area contributed by atoms with Crippen molar-refractivity contribution in [1.29, 1.82) is 0 Å². The molecule has 2 N–H and O–H groups in total. The van der Waals surface area contributed by atoms with Gasteiger partial charge in [0.1, 0.15) is 6.10 Å². The number of anilines is 1. The number of halogens is 1. The van der Waals surface area contributed by atoms with Gasteiger partial charge in [-0.25, -0.2) is 9.18 Å². The molecule has 0 fully saturated rings. The predicted octanol–water partition coefficient (Wildman–Crippen LogP) is 0.989. The average molecular weight is 376 g/mol. The lowest BCUT2D eigenvalue weighted by molar-refractivity contribution is -0.384. The van der Waals surface area contributed by atoms with E-state index in [1.54, 1.807) is 0 Å². The number of nitro groups is 1. The number of ether oxygens (including phenoxy) is 1. The molecule has 0 spiro atoms. The second-order valence-electron chi connectivity index (χ2n) is 5.52. The number of hydrogen-bond donors (Lipinski definition) is 2. The summed E-state index contributed by atoms with van der Waals surface area (Å²) < 4.78 is 20.4. The summed E-state index contributed by atoms with van der Waals surface area (Å²) in [5, 5.41) is 21.8. The lowest BCUT2D eigenvalue weighted by Crippen LogP contribution is -2.30. The second-order valence-corrected chi connectivity index (χ2v) is 5.52. The van der Waals surface area contributed by atoms with E-state index in [0.717, 1.165) is 22.9 Å². The summed E-state index contributed by atoms with van der Waals surface area (Å²) >= 11 is 0. The fourth-order valence-electron chi connectivity index (χ4n) is 2.38. The van der Waals surface area contributed by atoms with Gasteiger partial charge in [0.25, 0.3) is 11.6 Å². The van der Waals surface area contributed by atoms with E-state index in [-0.39, 0.29) is 17.9 Å². The van der Waals surface area contributed by atoms with Crippen LogP contribution < -0.4 is 11.0 Å². The molecule has 0 saturated carbocycles. The number of amides is 1. The van der Waals surface area contributed by atoms with Crippen molar-refractivity contribution in [3.05, 3.63) is 74.6 Å². The topological polar surface area (TPSA) is 137 Å². The van der Waals surface area contributed by atoms with Crippen LogP contribution in [0.15, 0.2) is 47.4 Å². The normalized spacial score (nSPS) is 18.4. The quantitative estimate of drug-likeness (QED) is 0.451. The highest BCUT2D eigenvalue weighted by Gasteiger charge is 2.23. The van der Waals surface area contributed by atoms with E-state index in [4.69, 9.17) is 9.84 Å². The number of rotatable bonds is 5.